The second-order valence-corrected chi connectivity index (χ2v) is 13.2. The molecule has 3 rings (SSSR count). The van der Waals surface area contributed by atoms with Crippen molar-refractivity contribution in [2.45, 2.75) is 49.3 Å². The molecule has 0 spiro atoms. The molecule has 0 aliphatic carbocycles. The third-order valence-corrected chi connectivity index (χ3v) is 9.35. The Morgan fingerprint density at radius 3 is 2.43 bits per heavy atom. The van der Waals surface area contributed by atoms with Gasteiger partial charge in [0.15, 0.2) is 6.61 Å². The Balaban J connectivity index is 1.87. The van der Waals surface area contributed by atoms with E-state index in [0.717, 1.165) is 28.6 Å². The fourth-order valence-corrected chi connectivity index (χ4v) is 6.88. The van der Waals surface area contributed by atoms with Crippen molar-refractivity contribution >= 4 is 48.7 Å². The number of nitrogens with zero attached hydrogens (tertiary/aromatic N) is 3. The number of rotatable bonds is 12. The van der Waals surface area contributed by atoms with Crippen LogP contribution in [0.1, 0.15) is 37.7 Å². The van der Waals surface area contributed by atoms with Crippen LogP contribution in [0.3, 0.4) is 0 Å². The van der Waals surface area contributed by atoms with Crippen LogP contribution in [-0.2, 0) is 31.5 Å². The standard InChI is InChI=1S/C24H33Cl2N4O5PS/c1-16(2)22-23(37-20-12-18(25)11-19(26)13-20)30(21(28-22)15-35-24(27)31)14-17-5-7-29(8-6-17)9-10-36(32,33-3)34-4/h5,11-13,16H,6-10,14-15H2,1-4H3,(H2,27,31). The van der Waals surface area contributed by atoms with Gasteiger partial charge in [-0.2, -0.15) is 0 Å². The van der Waals surface area contributed by atoms with Gasteiger partial charge in [-0.1, -0.05) is 60.5 Å². The van der Waals surface area contributed by atoms with Crippen molar-refractivity contribution in [2.24, 2.45) is 5.73 Å². The van der Waals surface area contributed by atoms with Gasteiger partial charge in [-0.25, -0.2) is 9.78 Å². The molecular formula is C24H33Cl2N4O5PS. The van der Waals surface area contributed by atoms with Crippen LogP contribution in [-0.4, -0.2) is 60.6 Å². The highest BCUT2D eigenvalue weighted by Gasteiger charge is 2.25. The second kappa shape index (κ2) is 13.5. The number of hydrogen-bond donors (Lipinski definition) is 1. The van der Waals surface area contributed by atoms with Crippen LogP contribution in [0, 0.1) is 0 Å². The smallest absolute Gasteiger partial charge is 0.404 e. The quantitative estimate of drug-likeness (QED) is 0.230. The lowest BCUT2D eigenvalue weighted by Crippen LogP contribution is -2.32. The van der Waals surface area contributed by atoms with Gasteiger partial charge in [-0.3, -0.25) is 9.46 Å². The van der Waals surface area contributed by atoms with Crippen LogP contribution in [0.2, 0.25) is 10.0 Å². The molecule has 0 atom stereocenters. The van der Waals surface area contributed by atoms with Crippen molar-refractivity contribution in [1.29, 1.82) is 0 Å². The molecule has 0 fully saturated rings. The molecule has 9 nitrogen and oxygen atoms in total. The topological polar surface area (TPSA) is 109 Å². The molecule has 0 radical (unpaired) electrons. The Labute approximate surface area is 232 Å². The molecule has 204 valence electrons. The third kappa shape index (κ3) is 8.48. The molecule has 1 aromatic carbocycles. The maximum atomic E-state index is 12.4. The Morgan fingerprint density at radius 2 is 1.89 bits per heavy atom. The van der Waals surface area contributed by atoms with Gasteiger partial charge < -0.3 is 24.1 Å². The van der Waals surface area contributed by atoms with Crippen molar-refractivity contribution in [3.8, 4) is 0 Å². The summed E-state index contributed by atoms with van der Waals surface area (Å²) in [6.45, 7) is 6.82. The van der Waals surface area contributed by atoms with E-state index in [1.807, 2.05) is 12.1 Å². The van der Waals surface area contributed by atoms with Gasteiger partial charge in [0.1, 0.15) is 10.9 Å². The molecule has 0 saturated heterocycles. The predicted molar refractivity (Wildman–Crippen MR) is 147 cm³/mol. The zero-order valence-electron chi connectivity index (χ0n) is 21.4. The van der Waals surface area contributed by atoms with Crippen LogP contribution in [0.5, 0.6) is 0 Å². The van der Waals surface area contributed by atoms with Gasteiger partial charge >= 0.3 is 13.7 Å². The SMILES string of the molecule is COP(=O)(CCN1CC=C(Cn2c(COC(N)=O)nc(C(C)C)c2Sc2cc(Cl)cc(Cl)c2)CC1)OC. The van der Waals surface area contributed by atoms with Crippen LogP contribution < -0.4 is 5.73 Å². The second-order valence-electron chi connectivity index (χ2n) is 8.89. The first-order valence-corrected chi connectivity index (χ1v) is 15.1. The summed E-state index contributed by atoms with van der Waals surface area (Å²) in [6, 6.07) is 5.40. The number of halogens is 2. The first kappa shape index (κ1) is 30.0. The number of carbonyl (C=O) groups excluding carboxylic acids is 1. The number of ether oxygens (including phenoxy) is 1. The minimum atomic E-state index is -3.04. The van der Waals surface area contributed by atoms with Gasteiger partial charge in [0.25, 0.3) is 0 Å². The van der Waals surface area contributed by atoms with Gasteiger partial charge in [0.05, 0.1) is 11.9 Å². The third-order valence-electron chi connectivity index (χ3n) is 5.96. The van der Waals surface area contributed by atoms with E-state index in [1.165, 1.54) is 31.6 Å². The number of primary amides is 1. The Morgan fingerprint density at radius 1 is 1.22 bits per heavy atom. The van der Waals surface area contributed by atoms with Crippen molar-refractivity contribution in [2.75, 3.05) is 40.0 Å². The first-order chi connectivity index (χ1) is 17.5. The number of aromatic nitrogens is 2. The normalized spacial score (nSPS) is 14.7. The molecule has 2 heterocycles. The summed E-state index contributed by atoms with van der Waals surface area (Å²) in [4.78, 5) is 19.3. The van der Waals surface area contributed by atoms with Crippen LogP contribution in [0.25, 0.3) is 0 Å². The molecular weight excluding hydrogens is 558 g/mol. The van der Waals surface area contributed by atoms with E-state index in [1.54, 1.807) is 6.07 Å². The molecule has 1 aliphatic rings. The lowest BCUT2D eigenvalue weighted by Gasteiger charge is -2.28. The predicted octanol–water partition coefficient (Wildman–Crippen LogP) is 6.18. The van der Waals surface area contributed by atoms with Gasteiger partial charge in [0, 0.05) is 55.3 Å². The number of carbonyl (C=O) groups is 1. The highest BCUT2D eigenvalue weighted by atomic mass is 35.5. The number of amides is 1. The zero-order chi connectivity index (χ0) is 27.2. The molecule has 1 aromatic heterocycles. The fraction of sp³-hybridized carbons (Fsp3) is 0.500. The fourth-order valence-electron chi connectivity index (χ4n) is 3.92. The number of hydrogen-bond acceptors (Lipinski definition) is 8. The molecule has 2 N–H and O–H groups in total. The lowest BCUT2D eigenvalue weighted by molar-refractivity contribution is 0.145. The van der Waals surface area contributed by atoms with Gasteiger partial charge in [-0.05, 0) is 30.5 Å². The average Bonchev–Trinajstić information content (AvgIpc) is 3.18. The summed E-state index contributed by atoms with van der Waals surface area (Å²) in [5.74, 6) is 0.737. The molecule has 13 heteroatoms. The summed E-state index contributed by atoms with van der Waals surface area (Å²) in [5, 5.41) is 2.03. The zero-order valence-corrected chi connectivity index (χ0v) is 24.6. The van der Waals surface area contributed by atoms with Gasteiger partial charge in [-0.15, -0.1) is 0 Å². The Bertz CT molecular complexity index is 1160. The molecule has 0 saturated carbocycles. The largest absolute Gasteiger partial charge is 0.442 e. The van der Waals surface area contributed by atoms with E-state index in [0.29, 0.717) is 41.7 Å². The van der Waals surface area contributed by atoms with Crippen LogP contribution in [0.15, 0.2) is 39.8 Å². The van der Waals surface area contributed by atoms with E-state index in [9.17, 15) is 9.36 Å². The summed E-state index contributed by atoms with van der Waals surface area (Å²) in [6.07, 6.45) is 2.48. The molecule has 37 heavy (non-hydrogen) atoms. The van der Waals surface area contributed by atoms with E-state index in [4.69, 9.17) is 47.7 Å². The van der Waals surface area contributed by atoms with Crippen molar-refractivity contribution in [3.63, 3.8) is 0 Å². The molecule has 2 aromatic rings. The number of imidazole rings is 1. The van der Waals surface area contributed by atoms with Gasteiger partial charge in [0.2, 0.25) is 0 Å². The van der Waals surface area contributed by atoms with E-state index in [-0.39, 0.29) is 12.5 Å². The van der Waals surface area contributed by atoms with E-state index < -0.39 is 13.7 Å². The highest BCUT2D eigenvalue weighted by Crippen LogP contribution is 2.46. The van der Waals surface area contributed by atoms with Crippen LogP contribution in [0.4, 0.5) is 4.79 Å². The summed E-state index contributed by atoms with van der Waals surface area (Å²) in [7, 11) is -0.234. The Hall–Kier alpha value is -1.52. The first-order valence-electron chi connectivity index (χ1n) is 11.8. The lowest BCUT2D eigenvalue weighted by atomic mass is 10.1. The van der Waals surface area contributed by atoms with Crippen molar-refractivity contribution in [1.82, 2.24) is 14.5 Å². The molecule has 0 bridgehead atoms. The average molecular weight is 591 g/mol. The Kier molecular flexibility index (Phi) is 11.0. The molecule has 1 aliphatic heterocycles. The monoisotopic (exact) mass is 590 g/mol. The van der Waals surface area contributed by atoms with Crippen LogP contribution >= 0.6 is 42.6 Å². The summed E-state index contributed by atoms with van der Waals surface area (Å²) < 4.78 is 29.7. The highest BCUT2D eigenvalue weighted by molar-refractivity contribution is 7.99. The molecule has 1 amide bonds. The van der Waals surface area contributed by atoms with E-state index >= 15 is 0 Å². The summed E-state index contributed by atoms with van der Waals surface area (Å²) >= 11 is 14.0. The minimum Gasteiger partial charge on any atom is -0.442 e. The van der Waals surface area contributed by atoms with E-state index in [2.05, 4.69) is 29.4 Å². The maximum Gasteiger partial charge on any atom is 0.404 e. The van der Waals surface area contributed by atoms with Crippen molar-refractivity contribution < 1.29 is 23.1 Å². The summed E-state index contributed by atoms with van der Waals surface area (Å²) in [5.41, 5.74) is 7.35. The number of benzene rings is 1. The maximum absolute atomic E-state index is 12.4. The molecule has 0 unspecified atom stereocenters. The minimum absolute atomic E-state index is 0.0331. The van der Waals surface area contributed by atoms with Crippen molar-refractivity contribution in [3.05, 3.63) is 51.4 Å². The number of nitrogens with two attached hydrogens (primary N) is 1.